The number of hydrogen-bond acceptors (Lipinski definition) is 4. The fourth-order valence-electron chi connectivity index (χ4n) is 3.97. The van der Waals surface area contributed by atoms with Crippen LogP contribution in [0.25, 0.3) is 5.82 Å². The molecule has 0 radical (unpaired) electrons. The number of nitrogens with one attached hydrogen (secondary N) is 2. The Morgan fingerprint density at radius 1 is 1.12 bits per heavy atom. The summed E-state index contributed by atoms with van der Waals surface area (Å²) in [6, 6.07) is 15.3. The van der Waals surface area contributed by atoms with E-state index in [4.69, 9.17) is 4.99 Å². The number of nitrogens with zero attached hydrogens (tertiary/aromatic N) is 5. The van der Waals surface area contributed by atoms with E-state index in [9.17, 15) is 0 Å². The molecule has 4 rings (SSSR count). The summed E-state index contributed by atoms with van der Waals surface area (Å²) in [6.45, 7) is 6.59. The molecule has 1 atom stereocenters. The lowest BCUT2D eigenvalue weighted by molar-refractivity contribution is 0.245. The molecule has 1 unspecified atom stereocenters. The number of guanidine groups is 1. The van der Waals surface area contributed by atoms with Crippen molar-refractivity contribution in [1.82, 2.24) is 30.1 Å². The fourth-order valence-corrected chi connectivity index (χ4v) is 3.97. The monoisotopic (exact) mass is 545 g/mol. The second-order valence-corrected chi connectivity index (χ2v) is 7.82. The van der Waals surface area contributed by atoms with Gasteiger partial charge in [-0.15, -0.1) is 24.0 Å². The summed E-state index contributed by atoms with van der Waals surface area (Å²) in [5, 5.41) is 6.93. The molecule has 1 aromatic carbocycles. The molecule has 7 nitrogen and oxygen atoms in total. The summed E-state index contributed by atoms with van der Waals surface area (Å²) in [5.74, 6) is 1.71. The number of benzene rings is 1. The molecule has 0 amide bonds. The van der Waals surface area contributed by atoms with Gasteiger partial charge in [0.2, 0.25) is 0 Å². The van der Waals surface area contributed by atoms with Gasteiger partial charge in [0.1, 0.15) is 12.1 Å². The summed E-state index contributed by atoms with van der Waals surface area (Å²) < 4.78 is 1.90. The van der Waals surface area contributed by atoms with Crippen LogP contribution in [0.2, 0.25) is 0 Å². The molecule has 0 spiro atoms. The third-order valence-corrected chi connectivity index (χ3v) is 5.58. The minimum absolute atomic E-state index is 0. The maximum Gasteiger partial charge on any atom is 0.191 e. The van der Waals surface area contributed by atoms with Gasteiger partial charge in [0.15, 0.2) is 5.96 Å². The average Bonchev–Trinajstić information content (AvgIpc) is 3.49. The van der Waals surface area contributed by atoms with Gasteiger partial charge >= 0.3 is 0 Å². The lowest BCUT2D eigenvalue weighted by atomic mass is 10.2. The molecule has 3 heterocycles. The van der Waals surface area contributed by atoms with E-state index in [2.05, 4.69) is 62.8 Å². The number of pyridine rings is 1. The van der Waals surface area contributed by atoms with Crippen LogP contribution >= 0.6 is 24.0 Å². The van der Waals surface area contributed by atoms with E-state index in [0.29, 0.717) is 12.6 Å². The van der Waals surface area contributed by atoms with Crippen molar-refractivity contribution < 1.29 is 0 Å². The summed E-state index contributed by atoms with van der Waals surface area (Å²) in [4.78, 5) is 15.9. The number of aliphatic imine (C=N–C) groups is 1. The molecule has 2 N–H and O–H groups in total. The number of halogens is 1. The van der Waals surface area contributed by atoms with E-state index in [0.717, 1.165) is 43.5 Å². The molecule has 8 heteroatoms. The molecule has 170 valence electrons. The topological polar surface area (TPSA) is 70.4 Å². The van der Waals surface area contributed by atoms with E-state index < -0.39 is 0 Å². The molecule has 1 aliphatic heterocycles. The fraction of sp³-hybridized carbons (Fsp3) is 0.375. The first-order chi connectivity index (χ1) is 15.3. The van der Waals surface area contributed by atoms with Crippen LogP contribution in [0.15, 0.2) is 72.4 Å². The highest BCUT2D eigenvalue weighted by Gasteiger charge is 2.24. The van der Waals surface area contributed by atoms with E-state index in [-0.39, 0.29) is 24.0 Å². The number of likely N-dealkylation sites (tertiary alicyclic amines) is 1. The first kappa shape index (κ1) is 24.2. The van der Waals surface area contributed by atoms with Crippen molar-refractivity contribution in [3.05, 3.63) is 78.5 Å². The summed E-state index contributed by atoms with van der Waals surface area (Å²) in [6.07, 6.45) is 9.69. The predicted molar refractivity (Wildman–Crippen MR) is 139 cm³/mol. The highest BCUT2D eigenvalue weighted by atomic mass is 127. The Morgan fingerprint density at radius 3 is 2.78 bits per heavy atom. The van der Waals surface area contributed by atoms with Gasteiger partial charge < -0.3 is 10.6 Å². The van der Waals surface area contributed by atoms with Crippen molar-refractivity contribution in [2.24, 2.45) is 4.99 Å². The van der Waals surface area contributed by atoms with Gasteiger partial charge in [-0.1, -0.05) is 30.3 Å². The molecule has 1 saturated heterocycles. The van der Waals surface area contributed by atoms with Crippen molar-refractivity contribution in [3.63, 3.8) is 0 Å². The molecule has 0 saturated carbocycles. The SMILES string of the molecule is CCNC(=NCc1ccnc(-n2ccnc2)c1)NCC1CCCN1Cc1ccccc1.I. The zero-order chi connectivity index (χ0) is 21.3. The summed E-state index contributed by atoms with van der Waals surface area (Å²) in [5.41, 5.74) is 2.49. The van der Waals surface area contributed by atoms with E-state index >= 15 is 0 Å². The van der Waals surface area contributed by atoms with Gasteiger partial charge in [-0.05, 0) is 49.6 Å². The molecular formula is C24H32IN7. The van der Waals surface area contributed by atoms with Gasteiger partial charge in [-0.25, -0.2) is 15.0 Å². The third kappa shape index (κ3) is 6.77. The Balaban J connectivity index is 0.00000289. The van der Waals surface area contributed by atoms with Crippen molar-refractivity contribution in [2.75, 3.05) is 19.6 Å². The zero-order valence-corrected chi connectivity index (χ0v) is 20.9. The molecule has 3 aromatic rings. The Morgan fingerprint density at radius 2 is 2.00 bits per heavy atom. The second kappa shape index (κ2) is 12.5. The van der Waals surface area contributed by atoms with E-state index in [1.807, 2.05) is 29.1 Å². The average molecular weight is 545 g/mol. The lowest BCUT2D eigenvalue weighted by Crippen LogP contribution is -2.44. The van der Waals surface area contributed by atoms with Crippen LogP contribution in [-0.4, -0.2) is 51.1 Å². The number of aromatic nitrogens is 3. The van der Waals surface area contributed by atoms with Crippen molar-refractivity contribution in [2.45, 2.75) is 38.9 Å². The number of imidazole rings is 1. The maximum absolute atomic E-state index is 4.80. The molecule has 0 aliphatic carbocycles. The van der Waals surface area contributed by atoms with Crippen LogP contribution in [0.5, 0.6) is 0 Å². The van der Waals surface area contributed by atoms with Gasteiger partial charge in [0.25, 0.3) is 0 Å². The standard InChI is InChI=1S/C24H31N7.HI/c1-2-26-24(28-16-21-10-11-27-23(15-21)31-14-12-25-19-31)29-17-22-9-6-13-30(22)18-20-7-4-3-5-8-20;/h3-5,7-8,10-12,14-15,19,22H,2,6,9,13,16-18H2,1H3,(H2,26,28,29);1H. The number of rotatable bonds is 8. The van der Waals surface area contributed by atoms with Crippen LogP contribution in [0, 0.1) is 0 Å². The predicted octanol–water partition coefficient (Wildman–Crippen LogP) is 3.61. The van der Waals surface area contributed by atoms with Crippen molar-refractivity contribution in [3.8, 4) is 5.82 Å². The van der Waals surface area contributed by atoms with Crippen LogP contribution in [0.4, 0.5) is 0 Å². The quantitative estimate of drug-likeness (QED) is 0.257. The molecular weight excluding hydrogens is 513 g/mol. The van der Waals surface area contributed by atoms with E-state index in [1.165, 1.54) is 18.4 Å². The van der Waals surface area contributed by atoms with Crippen LogP contribution < -0.4 is 10.6 Å². The molecule has 1 fully saturated rings. The smallest absolute Gasteiger partial charge is 0.191 e. The van der Waals surface area contributed by atoms with Gasteiger partial charge in [0, 0.05) is 44.3 Å². The summed E-state index contributed by atoms with van der Waals surface area (Å²) >= 11 is 0. The third-order valence-electron chi connectivity index (χ3n) is 5.58. The van der Waals surface area contributed by atoms with Gasteiger partial charge in [-0.2, -0.15) is 0 Å². The molecule has 1 aliphatic rings. The first-order valence-electron chi connectivity index (χ1n) is 11.0. The van der Waals surface area contributed by atoms with Crippen LogP contribution in [0.1, 0.15) is 30.9 Å². The molecule has 32 heavy (non-hydrogen) atoms. The van der Waals surface area contributed by atoms with Gasteiger partial charge in [0.05, 0.1) is 6.54 Å². The van der Waals surface area contributed by atoms with Crippen LogP contribution in [0.3, 0.4) is 0 Å². The largest absolute Gasteiger partial charge is 0.357 e. The minimum atomic E-state index is 0. The normalized spacial score (nSPS) is 16.5. The molecule has 0 bridgehead atoms. The van der Waals surface area contributed by atoms with E-state index in [1.54, 1.807) is 12.5 Å². The Kier molecular flexibility index (Phi) is 9.48. The Labute approximate surface area is 207 Å². The van der Waals surface area contributed by atoms with Crippen LogP contribution in [-0.2, 0) is 13.1 Å². The number of hydrogen-bond donors (Lipinski definition) is 2. The highest BCUT2D eigenvalue weighted by Crippen LogP contribution is 2.19. The van der Waals surface area contributed by atoms with Crippen molar-refractivity contribution >= 4 is 29.9 Å². The molecule has 2 aromatic heterocycles. The van der Waals surface area contributed by atoms with Gasteiger partial charge in [-0.3, -0.25) is 9.47 Å². The maximum atomic E-state index is 4.80. The Hall–Kier alpha value is -2.46. The lowest BCUT2D eigenvalue weighted by Gasteiger charge is -2.25. The minimum Gasteiger partial charge on any atom is -0.357 e. The Bertz CT molecular complexity index is 959. The highest BCUT2D eigenvalue weighted by molar-refractivity contribution is 14.0. The second-order valence-electron chi connectivity index (χ2n) is 7.82. The first-order valence-corrected chi connectivity index (χ1v) is 11.0. The van der Waals surface area contributed by atoms with Crippen molar-refractivity contribution in [1.29, 1.82) is 0 Å². The summed E-state index contributed by atoms with van der Waals surface area (Å²) in [7, 11) is 0. The zero-order valence-electron chi connectivity index (χ0n) is 18.5.